The third-order valence-electron chi connectivity index (χ3n) is 7.44. The third kappa shape index (κ3) is 20.7. The summed E-state index contributed by atoms with van der Waals surface area (Å²) in [4.78, 5) is 11.5. The quantitative estimate of drug-likeness (QED) is 0.0756. The van der Waals surface area contributed by atoms with Crippen LogP contribution in [0.15, 0.2) is 48.3 Å². The van der Waals surface area contributed by atoms with Crippen molar-refractivity contribution in [1.82, 2.24) is 30.1 Å². The van der Waals surface area contributed by atoms with Gasteiger partial charge >= 0.3 is 7.95 Å². The highest BCUT2D eigenvalue weighted by atomic mass is 31.1. The van der Waals surface area contributed by atoms with Crippen molar-refractivity contribution in [2.45, 2.75) is 66.0 Å². The van der Waals surface area contributed by atoms with Crippen LogP contribution < -0.4 is 10.7 Å². The second kappa shape index (κ2) is 27.7. The standard InChI is InChI=1S/C15H29N5.C12H25N3OP.C2H4F2.C2H4/c1-4-7-16-12-17-13-20-9-6-15(14(3)11-20)10-19-18-8-5-2;1-6-15(12-10-13(4)11(12)3)9-8-14(5)17(16)7-2;1-2(3)4;1-2/h4,7-8,14-15,17,19H,1,5-6,9-13H2,2-3H3;7,11-12H,2,6,8-10H2,1,3-5H3;2H,1H3;1-2H2/q;+1;;/b16-7-,18-8-;;;. The number of nitrogens with one attached hydrogen (secondary N) is 2. The summed E-state index contributed by atoms with van der Waals surface area (Å²) in [5.41, 5.74) is 3.17. The molecule has 0 bridgehead atoms. The average Bonchev–Trinajstić information content (AvgIpc) is 3.00. The van der Waals surface area contributed by atoms with Crippen LogP contribution in [0.5, 0.6) is 0 Å². The highest BCUT2D eigenvalue weighted by molar-refractivity contribution is 7.45. The lowest BCUT2D eigenvalue weighted by Gasteiger charge is -2.49. The molecule has 2 N–H and O–H groups in total. The molecular formula is C31H62F2N8OP+. The fraction of sp³-hybridized carbons (Fsp3) is 0.742. The Morgan fingerprint density at radius 3 is 2.30 bits per heavy atom. The normalized spacial score (nSPS) is 22.7. The summed E-state index contributed by atoms with van der Waals surface area (Å²) in [7, 11) is 2.67. The van der Waals surface area contributed by atoms with Gasteiger partial charge in [0.15, 0.2) is 5.82 Å². The van der Waals surface area contributed by atoms with Crippen LogP contribution >= 0.6 is 7.95 Å². The average molecular weight is 632 g/mol. The molecule has 5 unspecified atom stereocenters. The number of allylic oxidation sites excluding steroid dienone is 1. The van der Waals surface area contributed by atoms with E-state index in [1.165, 1.54) is 12.2 Å². The summed E-state index contributed by atoms with van der Waals surface area (Å²) < 4.78 is 34.1. The van der Waals surface area contributed by atoms with E-state index in [1.807, 2.05) is 17.9 Å². The van der Waals surface area contributed by atoms with Crippen molar-refractivity contribution < 1.29 is 13.3 Å². The number of hydrogen-bond acceptors (Lipinski definition) is 8. The first-order valence-electron chi connectivity index (χ1n) is 15.3. The van der Waals surface area contributed by atoms with Gasteiger partial charge < -0.3 is 10.3 Å². The number of likely N-dealkylation sites (tertiary alicyclic amines) is 2. The summed E-state index contributed by atoms with van der Waals surface area (Å²) in [6, 6.07) is 1.29. The maximum Gasteiger partial charge on any atom is 0.465 e. The van der Waals surface area contributed by atoms with Gasteiger partial charge in [0.1, 0.15) is 0 Å². The smallest absolute Gasteiger partial charge is 0.310 e. The molecule has 2 aliphatic heterocycles. The van der Waals surface area contributed by atoms with Crippen molar-refractivity contribution in [3.05, 3.63) is 38.2 Å². The molecule has 0 spiro atoms. The number of likely N-dealkylation sites (N-methyl/N-ethyl adjacent to an activating group) is 3. The monoisotopic (exact) mass is 631 g/mol. The second-order valence-electron chi connectivity index (χ2n) is 10.6. The van der Waals surface area contributed by atoms with Crippen LogP contribution in [-0.4, -0.2) is 124 Å². The maximum absolute atomic E-state index is 11.5. The van der Waals surface area contributed by atoms with Gasteiger partial charge in [0.25, 0.3) is 0 Å². The molecule has 0 aromatic carbocycles. The van der Waals surface area contributed by atoms with Gasteiger partial charge in [0, 0.05) is 64.4 Å². The van der Waals surface area contributed by atoms with Crippen LogP contribution in [0.3, 0.4) is 0 Å². The van der Waals surface area contributed by atoms with Crippen LogP contribution in [0.2, 0.25) is 0 Å². The van der Waals surface area contributed by atoms with Gasteiger partial charge in [-0.15, -0.1) is 13.2 Å². The molecule has 0 aliphatic carbocycles. The van der Waals surface area contributed by atoms with Gasteiger partial charge in [-0.1, -0.05) is 44.7 Å². The molecular weight excluding hydrogens is 569 g/mol. The zero-order valence-corrected chi connectivity index (χ0v) is 29.0. The number of rotatable bonds is 16. The van der Waals surface area contributed by atoms with Crippen molar-refractivity contribution in [1.29, 1.82) is 0 Å². The number of halogens is 2. The zero-order valence-electron chi connectivity index (χ0n) is 28.1. The van der Waals surface area contributed by atoms with Crippen LogP contribution in [0.1, 0.15) is 47.5 Å². The topological polar surface area (TPSA) is 78.8 Å². The van der Waals surface area contributed by atoms with Crippen LogP contribution in [0.25, 0.3) is 0 Å². The molecule has 0 amide bonds. The van der Waals surface area contributed by atoms with Crippen molar-refractivity contribution in [3.63, 3.8) is 0 Å². The lowest BCUT2D eigenvalue weighted by Crippen LogP contribution is -2.64. The highest BCUT2D eigenvalue weighted by Crippen LogP contribution is 2.26. The number of nitrogens with zero attached hydrogens (tertiary/aromatic N) is 6. The molecule has 9 nitrogen and oxygen atoms in total. The van der Waals surface area contributed by atoms with Crippen molar-refractivity contribution in [2.24, 2.45) is 21.9 Å². The zero-order chi connectivity index (χ0) is 33.2. The van der Waals surface area contributed by atoms with Crippen LogP contribution in [0, 0.1) is 11.8 Å². The molecule has 0 saturated carbocycles. The summed E-state index contributed by atoms with van der Waals surface area (Å²) >= 11 is 0. The van der Waals surface area contributed by atoms with E-state index in [9.17, 15) is 13.3 Å². The molecule has 2 aliphatic rings. The van der Waals surface area contributed by atoms with E-state index in [-0.39, 0.29) is 0 Å². The number of hydrazone groups is 1. The Kier molecular flexibility index (Phi) is 27.8. The minimum atomic E-state index is -2.17. The van der Waals surface area contributed by atoms with Gasteiger partial charge in [-0.05, 0) is 63.2 Å². The highest BCUT2D eigenvalue weighted by Gasteiger charge is 2.36. The predicted molar refractivity (Wildman–Crippen MR) is 184 cm³/mol. The fourth-order valence-corrected chi connectivity index (χ4v) is 5.28. The largest absolute Gasteiger partial charge is 0.465 e. The number of hydrogen-bond donors (Lipinski definition) is 2. The van der Waals surface area contributed by atoms with Crippen LogP contribution in [-0.2, 0) is 4.57 Å². The Bertz CT molecular complexity index is 786. The van der Waals surface area contributed by atoms with E-state index < -0.39 is 14.4 Å². The number of alkyl halides is 2. The number of piperidine rings is 1. The molecule has 12 heteroatoms. The van der Waals surface area contributed by atoms with E-state index in [0.29, 0.717) is 24.7 Å². The van der Waals surface area contributed by atoms with Gasteiger partial charge in [-0.2, -0.15) is 5.10 Å². The minimum absolute atomic E-state index is 0.633. The first-order chi connectivity index (χ1) is 20.5. The van der Waals surface area contributed by atoms with Crippen molar-refractivity contribution in [3.8, 4) is 0 Å². The first kappa shape index (κ1) is 43.2. The second-order valence-corrected chi connectivity index (χ2v) is 12.2. The maximum atomic E-state index is 11.5. The van der Waals surface area contributed by atoms with E-state index in [1.54, 1.807) is 12.3 Å². The Hall–Kier alpha value is -1.88. The Morgan fingerprint density at radius 1 is 1.16 bits per heavy atom. The molecule has 2 saturated heterocycles. The molecule has 2 rings (SSSR count). The molecule has 2 fully saturated rings. The fourth-order valence-electron chi connectivity index (χ4n) is 4.71. The molecule has 0 aromatic heterocycles. The van der Waals surface area contributed by atoms with E-state index in [4.69, 9.17) is 0 Å². The van der Waals surface area contributed by atoms with E-state index >= 15 is 0 Å². The van der Waals surface area contributed by atoms with Gasteiger partial charge in [-0.25, -0.2) is 8.78 Å². The van der Waals surface area contributed by atoms with Crippen LogP contribution in [0.4, 0.5) is 8.78 Å². The number of aliphatic imine (C=N–C) groups is 1. The van der Waals surface area contributed by atoms with Crippen molar-refractivity contribution >= 4 is 20.4 Å². The lowest BCUT2D eigenvalue weighted by atomic mass is 9.87. The summed E-state index contributed by atoms with van der Waals surface area (Å²) in [6.45, 7) is 31.7. The molecule has 43 heavy (non-hydrogen) atoms. The van der Waals surface area contributed by atoms with Gasteiger partial charge in [0.05, 0.1) is 13.2 Å². The van der Waals surface area contributed by atoms with Crippen molar-refractivity contribution in [2.75, 3.05) is 73.2 Å². The molecule has 2 heterocycles. The van der Waals surface area contributed by atoms with Gasteiger partial charge in [0.2, 0.25) is 6.43 Å². The predicted octanol–water partition coefficient (Wildman–Crippen LogP) is 5.59. The Labute approximate surface area is 263 Å². The van der Waals surface area contributed by atoms with Gasteiger partial charge in [-0.3, -0.25) is 20.1 Å². The van der Waals surface area contributed by atoms with E-state index in [0.717, 1.165) is 71.7 Å². The SMILES string of the molecule is C=C.C=C/C=N\CNCN1CCC(CN/N=C\CC)C(C)C1.C=C[P+](=O)N(C)CCN(CC)C1CN(C)C1C.CC(F)F. The summed E-state index contributed by atoms with van der Waals surface area (Å²) in [6.07, 6.45) is 5.40. The molecule has 5 atom stereocenters. The Morgan fingerprint density at radius 2 is 1.81 bits per heavy atom. The minimum Gasteiger partial charge on any atom is -0.310 e. The van der Waals surface area contributed by atoms with E-state index in [2.05, 4.69) is 96.6 Å². The summed E-state index contributed by atoms with van der Waals surface area (Å²) in [5.74, 6) is 2.94. The lowest BCUT2D eigenvalue weighted by molar-refractivity contribution is -0.000477. The summed E-state index contributed by atoms with van der Waals surface area (Å²) in [5, 5.41) is 7.52. The molecule has 0 aromatic rings. The molecule has 250 valence electrons. The molecule has 0 radical (unpaired) electrons. The Balaban J connectivity index is 0. The third-order valence-corrected chi connectivity index (χ3v) is 8.63. The first-order valence-corrected chi connectivity index (χ1v) is 16.6.